The Morgan fingerprint density at radius 1 is 1.10 bits per heavy atom. The van der Waals surface area contributed by atoms with E-state index in [0.29, 0.717) is 6.42 Å². The molecule has 0 radical (unpaired) electrons. The summed E-state index contributed by atoms with van der Waals surface area (Å²) in [4.78, 5) is 4.62. The van der Waals surface area contributed by atoms with Crippen LogP contribution in [0.25, 0.3) is 10.9 Å². The lowest BCUT2D eigenvalue weighted by atomic mass is 10.0. The number of aliphatic hydroxyl groups excluding tert-OH is 1. The van der Waals surface area contributed by atoms with Crippen molar-refractivity contribution in [1.82, 2.24) is 4.98 Å². The molecule has 3 rings (SSSR count). The molecular formula is C17H13BrINO. The van der Waals surface area contributed by atoms with Gasteiger partial charge in [0.05, 0.1) is 11.6 Å². The summed E-state index contributed by atoms with van der Waals surface area (Å²) in [6.45, 7) is 0. The highest BCUT2D eigenvalue weighted by atomic mass is 127. The summed E-state index contributed by atoms with van der Waals surface area (Å²) in [6.07, 6.45) is -0.0415. The van der Waals surface area contributed by atoms with Crippen LogP contribution in [0.5, 0.6) is 0 Å². The van der Waals surface area contributed by atoms with E-state index in [0.717, 1.165) is 30.2 Å². The van der Waals surface area contributed by atoms with Gasteiger partial charge in [0.25, 0.3) is 0 Å². The zero-order valence-electron chi connectivity index (χ0n) is 11.1. The van der Waals surface area contributed by atoms with E-state index in [2.05, 4.69) is 49.6 Å². The Balaban J connectivity index is 1.88. The van der Waals surface area contributed by atoms with Gasteiger partial charge in [-0.25, -0.2) is 0 Å². The molecule has 1 aromatic heterocycles. The van der Waals surface area contributed by atoms with Crippen LogP contribution >= 0.6 is 38.5 Å². The average Bonchev–Trinajstić information content (AvgIpc) is 2.49. The Kier molecular flexibility index (Phi) is 4.57. The molecule has 1 unspecified atom stereocenters. The molecule has 0 amide bonds. The van der Waals surface area contributed by atoms with Gasteiger partial charge in [-0.1, -0.05) is 40.2 Å². The molecule has 0 saturated heterocycles. The minimum absolute atomic E-state index is 0.511. The number of aromatic nitrogens is 1. The summed E-state index contributed by atoms with van der Waals surface area (Å²) in [6, 6.07) is 18.0. The zero-order valence-corrected chi connectivity index (χ0v) is 14.9. The maximum atomic E-state index is 10.5. The maximum absolute atomic E-state index is 10.5. The fourth-order valence-corrected chi connectivity index (χ4v) is 3.37. The number of para-hydroxylation sites is 1. The van der Waals surface area contributed by atoms with Crippen molar-refractivity contribution in [2.45, 2.75) is 12.5 Å². The molecule has 4 heteroatoms. The molecule has 3 aromatic rings. The summed E-state index contributed by atoms with van der Waals surface area (Å²) in [7, 11) is 0. The average molecular weight is 454 g/mol. The number of aliphatic hydroxyl groups is 1. The van der Waals surface area contributed by atoms with Gasteiger partial charge in [0.2, 0.25) is 0 Å². The second kappa shape index (κ2) is 6.42. The van der Waals surface area contributed by atoms with E-state index in [4.69, 9.17) is 0 Å². The SMILES string of the molecule is OC(Cc1ccc2ccccc2n1)c1cc(Br)ccc1I. The van der Waals surface area contributed by atoms with E-state index in [1.165, 1.54) is 0 Å². The van der Waals surface area contributed by atoms with Gasteiger partial charge >= 0.3 is 0 Å². The summed E-state index contributed by atoms with van der Waals surface area (Å²) >= 11 is 5.70. The summed E-state index contributed by atoms with van der Waals surface area (Å²) < 4.78 is 2.03. The van der Waals surface area contributed by atoms with Crippen LogP contribution in [-0.4, -0.2) is 10.1 Å². The number of halogens is 2. The van der Waals surface area contributed by atoms with Crippen LogP contribution in [0, 0.1) is 3.57 Å². The summed E-state index contributed by atoms with van der Waals surface area (Å²) in [5.41, 5.74) is 2.79. The number of rotatable bonds is 3. The Morgan fingerprint density at radius 2 is 1.90 bits per heavy atom. The largest absolute Gasteiger partial charge is 0.388 e. The van der Waals surface area contributed by atoms with Gasteiger partial charge in [0.15, 0.2) is 0 Å². The molecule has 0 aliphatic carbocycles. The van der Waals surface area contributed by atoms with Crippen molar-refractivity contribution in [3.05, 3.63) is 73.9 Å². The van der Waals surface area contributed by atoms with Crippen LogP contribution in [0.2, 0.25) is 0 Å². The molecule has 0 fully saturated rings. The fraction of sp³-hybridized carbons (Fsp3) is 0.118. The third-order valence-electron chi connectivity index (χ3n) is 3.38. The van der Waals surface area contributed by atoms with Gasteiger partial charge in [-0.2, -0.15) is 0 Å². The molecule has 0 spiro atoms. The van der Waals surface area contributed by atoms with Crippen molar-refractivity contribution >= 4 is 49.4 Å². The molecule has 1 N–H and O–H groups in total. The predicted octanol–water partition coefficient (Wildman–Crippen LogP) is 4.88. The zero-order chi connectivity index (χ0) is 14.8. The van der Waals surface area contributed by atoms with Crippen molar-refractivity contribution < 1.29 is 5.11 Å². The van der Waals surface area contributed by atoms with E-state index in [-0.39, 0.29) is 0 Å². The highest BCUT2D eigenvalue weighted by Gasteiger charge is 2.13. The Labute approximate surface area is 145 Å². The van der Waals surface area contributed by atoms with Crippen LogP contribution in [0.3, 0.4) is 0 Å². The minimum Gasteiger partial charge on any atom is -0.388 e. The lowest BCUT2D eigenvalue weighted by molar-refractivity contribution is 0.176. The predicted molar refractivity (Wildman–Crippen MR) is 97.3 cm³/mol. The number of hydrogen-bond acceptors (Lipinski definition) is 2. The topological polar surface area (TPSA) is 33.1 Å². The summed E-state index contributed by atoms with van der Waals surface area (Å²) in [5.74, 6) is 0. The lowest BCUT2D eigenvalue weighted by Crippen LogP contribution is -2.05. The van der Waals surface area contributed by atoms with Crippen molar-refractivity contribution in [2.24, 2.45) is 0 Å². The van der Waals surface area contributed by atoms with Crippen molar-refractivity contribution in [1.29, 1.82) is 0 Å². The molecule has 0 bridgehead atoms. The van der Waals surface area contributed by atoms with Crippen molar-refractivity contribution in [2.75, 3.05) is 0 Å². The van der Waals surface area contributed by atoms with E-state index >= 15 is 0 Å². The van der Waals surface area contributed by atoms with E-state index in [1.807, 2.05) is 48.5 Å². The Morgan fingerprint density at radius 3 is 2.76 bits per heavy atom. The van der Waals surface area contributed by atoms with Crippen LogP contribution < -0.4 is 0 Å². The van der Waals surface area contributed by atoms with Crippen LogP contribution in [-0.2, 0) is 6.42 Å². The third-order valence-corrected chi connectivity index (χ3v) is 4.85. The van der Waals surface area contributed by atoms with Gasteiger partial charge < -0.3 is 5.11 Å². The molecule has 1 heterocycles. The highest BCUT2D eigenvalue weighted by Crippen LogP contribution is 2.26. The van der Waals surface area contributed by atoms with Crippen LogP contribution in [0.4, 0.5) is 0 Å². The molecule has 0 saturated carbocycles. The molecule has 0 aliphatic heterocycles. The second-order valence-corrected chi connectivity index (χ2v) is 6.96. The Bertz CT molecular complexity index is 791. The van der Waals surface area contributed by atoms with Gasteiger partial charge in [0, 0.05) is 25.5 Å². The first kappa shape index (κ1) is 14.9. The lowest BCUT2D eigenvalue weighted by Gasteiger charge is -2.13. The summed E-state index contributed by atoms with van der Waals surface area (Å²) in [5, 5.41) is 11.6. The van der Waals surface area contributed by atoms with Crippen LogP contribution in [0.1, 0.15) is 17.4 Å². The molecular weight excluding hydrogens is 441 g/mol. The molecule has 1 atom stereocenters. The van der Waals surface area contributed by atoms with Gasteiger partial charge in [-0.05, 0) is 58.5 Å². The quantitative estimate of drug-likeness (QED) is 0.573. The first-order chi connectivity index (χ1) is 10.1. The number of fused-ring (bicyclic) bond motifs is 1. The maximum Gasteiger partial charge on any atom is 0.0856 e. The highest BCUT2D eigenvalue weighted by molar-refractivity contribution is 14.1. The monoisotopic (exact) mass is 453 g/mol. The molecule has 106 valence electrons. The smallest absolute Gasteiger partial charge is 0.0856 e. The number of nitrogens with zero attached hydrogens (tertiary/aromatic N) is 1. The van der Waals surface area contributed by atoms with Crippen molar-refractivity contribution in [3.8, 4) is 0 Å². The van der Waals surface area contributed by atoms with Gasteiger partial charge in [-0.3, -0.25) is 4.98 Å². The van der Waals surface area contributed by atoms with Crippen molar-refractivity contribution in [3.63, 3.8) is 0 Å². The second-order valence-electron chi connectivity index (χ2n) is 4.88. The molecule has 2 aromatic carbocycles. The van der Waals surface area contributed by atoms with E-state index < -0.39 is 6.10 Å². The van der Waals surface area contributed by atoms with E-state index in [1.54, 1.807) is 0 Å². The fourth-order valence-electron chi connectivity index (χ4n) is 2.30. The van der Waals surface area contributed by atoms with Gasteiger partial charge in [-0.15, -0.1) is 0 Å². The number of hydrogen-bond donors (Lipinski definition) is 1. The van der Waals surface area contributed by atoms with Gasteiger partial charge in [0.1, 0.15) is 0 Å². The third kappa shape index (κ3) is 3.44. The standard InChI is InChI=1S/C17H13BrINO/c18-12-6-8-15(19)14(9-12)17(21)10-13-7-5-11-3-1-2-4-16(11)20-13/h1-9,17,21H,10H2. The molecule has 2 nitrogen and oxygen atoms in total. The normalized spacial score (nSPS) is 12.5. The molecule has 21 heavy (non-hydrogen) atoms. The minimum atomic E-state index is -0.553. The van der Waals surface area contributed by atoms with E-state index in [9.17, 15) is 5.11 Å². The number of benzene rings is 2. The molecule has 0 aliphatic rings. The first-order valence-electron chi connectivity index (χ1n) is 6.61. The first-order valence-corrected chi connectivity index (χ1v) is 8.48. The Hall–Kier alpha value is -0.980. The van der Waals surface area contributed by atoms with Crippen LogP contribution in [0.15, 0.2) is 59.1 Å². The number of pyridine rings is 1.